The van der Waals surface area contributed by atoms with Gasteiger partial charge in [-0.05, 0) is 88.5 Å². The van der Waals surface area contributed by atoms with Gasteiger partial charge in [-0.15, -0.1) is 23.5 Å². The zero-order chi connectivity index (χ0) is 40.5. The highest BCUT2D eigenvalue weighted by Crippen LogP contribution is 2.51. The first-order valence-corrected chi connectivity index (χ1v) is 21.5. The molecule has 0 saturated carbocycles. The molecule has 56 heavy (non-hydrogen) atoms. The van der Waals surface area contributed by atoms with Gasteiger partial charge in [-0.3, -0.25) is 24.1 Å². The topological polar surface area (TPSA) is 134 Å². The van der Waals surface area contributed by atoms with Crippen LogP contribution in [0.4, 0.5) is 16.2 Å². The monoisotopic (exact) mass is 803 g/mol. The second kappa shape index (κ2) is 19.1. The van der Waals surface area contributed by atoms with Crippen molar-refractivity contribution in [2.75, 3.05) is 37.4 Å². The summed E-state index contributed by atoms with van der Waals surface area (Å²) in [6, 6.07) is 21.1. The molecule has 0 aromatic heterocycles. The van der Waals surface area contributed by atoms with Gasteiger partial charge in [0.25, 0.3) is 5.91 Å². The second-order valence-corrected chi connectivity index (χ2v) is 17.2. The number of likely N-dealkylation sites (tertiary alicyclic amines) is 1. The van der Waals surface area contributed by atoms with Crippen LogP contribution in [0.25, 0.3) is 0 Å². The average molecular weight is 804 g/mol. The minimum atomic E-state index is -1.17. The van der Waals surface area contributed by atoms with Crippen LogP contribution >= 0.6 is 23.5 Å². The fourth-order valence-electron chi connectivity index (χ4n) is 7.00. The lowest BCUT2D eigenvalue weighted by atomic mass is 9.79. The fraction of sp³-hybridized carbons (Fsp3) is 0.465. The molecule has 2 aliphatic rings. The lowest BCUT2D eigenvalue weighted by Gasteiger charge is -2.33. The van der Waals surface area contributed by atoms with Crippen molar-refractivity contribution in [3.63, 3.8) is 0 Å². The molecule has 1 saturated heterocycles. The lowest BCUT2D eigenvalue weighted by Crippen LogP contribution is -2.46. The van der Waals surface area contributed by atoms with Gasteiger partial charge in [0, 0.05) is 30.2 Å². The first kappa shape index (κ1) is 42.6. The van der Waals surface area contributed by atoms with E-state index in [9.17, 15) is 24.0 Å². The summed E-state index contributed by atoms with van der Waals surface area (Å²) in [4.78, 5) is 73.0. The summed E-state index contributed by atoms with van der Waals surface area (Å²) in [6.45, 7) is 10.6. The van der Waals surface area contributed by atoms with E-state index in [-0.39, 0.29) is 35.5 Å². The van der Waals surface area contributed by atoms with Crippen LogP contribution in [0.3, 0.4) is 0 Å². The molecule has 301 valence electrons. The largest absolute Gasteiger partial charge is 0.483 e. The number of thioether (sulfide) groups is 1. The van der Waals surface area contributed by atoms with E-state index in [1.165, 1.54) is 11.8 Å². The van der Waals surface area contributed by atoms with Crippen molar-refractivity contribution in [1.82, 2.24) is 15.5 Å². The van der Waals surface area contributed by atoms with Crippen molar-refractivity contribution in [2.24, 2.45) is 11.3 Å². The van der Waals surface area contributed by atoms with Crippen molar-refractivity contribution >= 4 is 63.8 Å². The normalized spacial score (nSPS) is 18.1. The first-order chi connectivity index (χ1) is 26.8. The van der Waals surface area contributed by atoms with E-state index in [0.29, 0.717) is 76.7 Å². The Morgan fingerprint density at radius 1 is 0.982 bits per heavy atom. The van der Waals surface area contributed by atoms with E-state index in [2.05, 4.69) is 17.6 Å². The molecule has 2 aliphatic heterocycles. The smallest absolute Gasteiger partial charge is 0.410 e. The van der Waals surface area contributed by atoms with Gasteiger partial charge in [0.2, 0.25) is 11.8 Å². The minimum Gasteiger partial charge on any atom is -0.483 e. The van der Waals surface area contributed by atoms with E-state index < -0.39 is 23.0 Å². The number of unbranched alkanes of at least 4 members (excludes halogenated alkanes) is 1. The molecule has 0 bridgehead atoms. The Kier molecular flexibility index (Phi) is 14.5. The van der Waals surface area contributed by atoms with Gasteiger partial charge in [-0.1, -0.05) is 75.2 Å². The minimum absolute atomic E-state index is 0.149. The SMILES string of the molecule is CCCCC1(CC)C(=O)[SH]c2cc(OCC(=O)N[C@@H](C(=O)NCC3CCN(C(=O)OC(C)(C)C)CC3)c3ccccc3)c(SC)cc2N(c2ccccc2)C1=O. The Morgan fingerprint density at radius 3 is 2.25 bits per heavy atom. The van der Waals surface area contributed by atoms with Crippen LogP contribution < -0.4 is 20.3 Å². The number of carbonyl (C=O) groups is 5. The molecule has 3 aromatic rings. The van der Waals surface area contributed by atoms with Crippen LogP contribution in [0.1, 0.15) is 84.7 Å². The second-order valence-electron chi connectivity index (χ2n) is 15.3. The molecule has 3 aromatic carbocycles. The zero-order valence-corrected chi connectivity index (χ0v) is 35.0. The number of rotatable bonds is 14. The number of ether oxygens (including phenoxy) is 2. The molecule has 1 unspecified atom stereocenters. The maximum absolute atomic E-state index is 14.5. The Morgan fingerprint density at radius 2 is 1.64 bits per heavy atom. The number of thiol groups is 1. The van der Waals surface area contributed by atoms with Crippen molar-refractivity contribution < 1.29 is 33.4 Å². The van der Waals surface area contributed by atoms with Crippen LogP contribution in [0.2, 0.25) is 0 Å². The Hall–Kier alpha value is -4.49. The highest BCUT2D eigenvalue weighted by molar-refractivity contribution is 8.14. The summed E-state index contributed by atoms with van der Waals surface area (Å²) in [6.07, 6.45) is 5.44. The molecule has 13 heteroatoms. The summed E-state index contributed by atoms with van der Waals surface area (Å²) in [5.41, 5.74) is 0.175. The van der Waals surface area contributed by atoms with Crippen LogP contribution in [0, 0.1) is 11.3 Å². The highest BCUT2D eigenvalue weighted by atomic mass is 32.2. The third-order valence-corrected chi connectivity index (χ3v) is 12.2. The number of hydrogen-bond acceptors (Lipinski definition) is 8. The van der Waals surface area contributed by atoms with E-state index in [1.54, 1.807) is 28.0 Å². The number of fused-ring (bicyclic) bond motifs is 1. The molecule has 5 rings (SSSR count). The number of nitrogens with zero attached hydrogens (tertiary/aromatic N) is 2. The van der Waals surface area contributed by atoms with E-state index >= 15 is 0 Å². The lowest BCUT2D eigenvalue weighted by molar-refractivity contribution is -0.136. The maximum atomic E-state index is 14.5. The quantitative estimate of drug-likeness (QED) is 0.0848. The molecule has 2 atom stereocenters. The van der Waals surface area contributed by atoms with Crippen LogP contribution in [-0.2, 0) is 23.9 Å². The summed E-state index contributed by atoms with van der Waals surface area (Å²) in [5.74, 6) is -0.504. The molecule has 0 spiro atoms. The molecule has 2 heterocycles. The highest BCUT2D eigenvalue weighted by Gasteiger charge is 2.49. The number of nitrogens with one attached hydrogen (secondary N) is 2. The molecule has 1 fully saturated rings. The van der Waals surface area contributed by atoms with Crippen molar-refractivity contribution in [2.45, 2.75) is 94.6 Å². The number of para-hydroxylation sites is 1. The van der Waals surface area contributed by atoms with Crippen LogP contribution in [-0.4, -0.2) is 71.9 Å². The summed E-state index contributed by atoms with van der Waals surface area (Å²) < 4.78 is 11.7. The van der Waals surface area contributed by atoms with E-state index in [4.69, 9.17) is 9.47 Å². The molecule has 2 N–H and O–H groups in total. The Bertz CT molecular complexity index is 1860. The number of piperidine rings is 1. The number of benzene rings is 3. The van der Waals surface area contributed by atoms with Crippen LogP contribution in [0.5, 0.6) is 5.75 Å². The number of carbonyl (C=O) groups excluding carboxylic acids is 5. The number of amides is 4. The average Bonchev–Trinajstić information content (AvgIpc) is 3.27. The molecule has 11 nitrogen and oxygen atoms in total. The predicted octanol–water partition coefficient (Wildman–Crippen LogP) is 8.02. The molecule has 4 amide bonds. The van der Waals surface area contributed by atoms with Crippen molar-refractivity contribution in [3.05, 3.63) is 78.4 Å². The van der Waals surface area contributed by atoms with Gasteiger partial charge >= 0.3 is 6.09 Å². The van der Waals surface area contributed by atoms with Crippen molar-refractivity contribution in [3.8, 4) is 5.75 Å². The Labute approximate surface area is 339 Å². The standard InChI is InChI=1S/C43H55N4O7S2/c1-7-9-22-43(8-2)39(50)47(31-18-14-11-15-19-31)32-25-35(55-6)33(26-34(32)56-40(43)51)53-28-36(48)45-37(30-16-12-10-13-17-30)38(49)44-27-29-20-23-46(24-21-29)41(52)54-42(3,4)5/h10-19,25-26,29,37,56H,7-9,20-24,27-28H2,1-6H3,(H,44,49)(H,45,48)/t37-,43?/m1/s1. The number of anilines is 2. The van der Waals surface area contributed by atoms with Crippen molar-refractivity contribution in [1.29, 1.82) is 0 Å². The molecular weight excluding hydrogens is 749 g/mol. The van der Waals surface area contributed by atoms with Crippen LogP contribution in [0.15, 0.2) is 82.6 Å². The van der Waals surface area contributed by atoms with E-state index in [1.807, 2.05) is 88.5 Å². The third kappa shape index (κ3) is 10.3. The first-order valence-electron chi connectivity index (χ1n) is 19.4. The zero-order valence-electron chi connectivity index (χ0n) is 33.3. The van der Waals surface area contributed by atoms with Gasteiger partial charge in [0.15, 0.2) is 11.7 Å². The van der Waals surface area contributed by atoms with Gasteiger partial charge < -0.3 is 25.0 Å². The molecule has 0 aliphatic carbocycles. The summed E-state index contributed by atoms with van der Waals surface area (Å²) >= 11 is 1.79. The van der Waals surface area contributed by atoms with Gasteiger partial charge in [-0.25, -0.2) is 4.79 Å². The molecular formula is C43H55N4O7S2. The summed E-state index contributed by atoms with van der Waals surface area (Å²) in [7, 11) is 0. The van der Waals surface area contributed by atoms with Gasteiger partial charge in [-0.2, -0.15) is 0 Å². The Balaban J connectivity index is 1.30. The predicted molar refractivity (Wildman–Crippen MR) is 223 cm³/mol. The third-order valence-electron chi connectivity index (χ3n) is 10.2. The maximum Gasteiger partial charge on any atom is 0.410 e. The van der Waals surface area contributed by atoms with Gasteiger partial charge in [0.05, 0.1) is 10.6 Å². The summed E-state index contributed by atoms with van der Waals surface area (Å²) in [5, 5.41) is 5.74. The van der Waals surface area contributed by atoms with E-state index in [0.717, 1.165) is 25.7 Å². The molecule has 1 radical (unpaired) electrons. The van der Waals surface area contributed by atoms with Gasteiger partial charge in [0.1, 0.15) is 22.8 Å². The fourth-order valence-corrected chi connectivity index (χ4v) is 8.81. The number of hydrogen-bond donors (Lipinski definition) is 3.